The van der Waals surface area contributed by atoms with Crippen molar-refractivity contribution in [3.63, 3.8) is 0 Å². The Morgan fingerprint density at radius 1 is 1.35 bits per heavy atom. The van der Waals surface area contributed by atoms with E-state index >= 15 is 0 Å². The number of hydrogen-bond acceptors (Lipinski definition) is 5. The molecule has 26 heavy (non-hydrogen) atoms. The van der Waals surface area contributed by atoms with Crippen LogP contribution in [0.15, 0.2) is 29.3 Å². The summed E-state index contributed by atoms with van der Waals surface area (Å²) in [6.07, 6.45) is 8.21. The molecule has 138 valence electrons. The molecular formula is C18H23N5O3. The number of nitrogens with zero attached hydrogens (tertiary/aromatic N) is 4. The largest absolute Gasteiger partial charge is 0.438 e. The van der Waals surface area contributed by atoms with E-state index in [1.54, 1.807) is 22.7 Å². The van der Waals surface area contributed by atoms with Crippen LogP contribution in [0.25, 0.3) is 0 Å². The van der Waals surface area contributed by atoms with Crippen molar-refractivity contribution in [2.24, 2.45) is 5.92 Å². The van der Waals surface area contributed by atoms with Gasteiger partial charge in [-0.25, -0.2) is 4.98 Å². The molecule has 1 saturated carbocycles. The molecular weight excluding hydrogens is 334 g/mol. The van der Waals surface area contributed by atoms with Gasteiger partial charge in [0.05, 0.1) is 5.69 Å². The van der Waals surface area contributed by atoms with Crippen LogP contribution in [0.5, 0.6) is 0 Å². The van der Waals surface area contributed by atoms with Crippen LogP contribution in [0.4, 0.5) is 0 Å². The molecule has 1 saturated heterocycles. The maximum absolute atomic E-state index is 13.0. The number of oxazole rings is 1. The Morgan fingerprint density at radius 2 is 2.12 bits per heavy atom. The predicted octanol–water partition coefficient (Wildman–Crippen LogP) is 1.34. The summed E-state index contributed by atoms with van der Waals surface area (Å²) in [6.45, 7) is 3.41. The molecule has 2 amide bonds. The van der Waals surface area contributed by atoms with Gasteiger partial charge in [0.15, 0.2) is 6.39 Å². The molecule has 1 aliphatic carbocycles. The van der Waals surface area contributed by atoms with E-state index in [2.05, 4.69) is 15.4 Å². The summed E-state index contributed by atoms with van der Waals surface area (Å²) in [5.41, 5.74) is -0.160. The van der Waals surface area contributed by atoms with Crippen LogP contribution in [0.2, 0.25) is 0 Å². The van der Waals surface area contributed by atoms with Gasteiger partial charge in [0.2, 0.25) is 11.7 Å². The molecule has 2 aromatic heterocycles. The lowest BCUT2D eigenvalue weighted by Crippen LogP contribution is -2.56. The molecule has 0 atom stereocenters. The lowest BCUT2D eigenvalue weighted by molar-refractivity contribution is -0.133. The third kappa shape index (κ3) is 3.00. The summed E-state index contributed by atoms with van der Waals surface area (Å²) < 4.78 is 6.97. The lowest BCUT2D eigenvalue weighted by atomic mass is 9.86. The Balaban J connectivity index is 1.49. The third-order valence-corrected chi connectivity index (χ3v) is 5.43. The molecule has 4 rings (SSSR count). The van der Waals surface area contributed by atoms with Gasteiger partial charge in [0.1, 0.15) is 5.54 Å². The number of likely N-dealkylation sites (tertiary alicyclic amines) is 1. The number of aromatic nitrogens is 3. The monoisotopic (exact) mass is 357 g/mol. The van der Waals surface area contributed by atoms with Crippen molar-refractivity contribution < 1.29 is 14.0 Å². The van der Waals surface area contributed by atoms with Crippen molar-refractivity contribution >= 4 is 11.8 Å². The molecule has 0 aromatic carbocycles. The summed E-state index contributed by atoms with van der Waals surface area (Å²) in [4.78, 5) is 31.4. The zero-order valence-corrected chi connectivity index (χ0v) is 14.9. The molecule has 1 aliphatic heterocycles. The molecule has 3 heterocycles. The highest BCUT2D eigenvalue weighted by Crippen LogP contribution is 2.32. The van der Waals surface area contributed by atoms with Gasteiger partial charge in [-0.2, -0.15) is 5.10 Å². The highest BCUT2D eigenvalue weighted by Gasteiger charge is 2.45. The quantitative estimate of drug-likeness (QED) is 0.871. The number of rotatable bonds is 5. The van der Waals surface area contributed by atoms with Crippen molar-refractivity contribution in [1.29, 1.82) is 0 Å². The number of hydrogen-bond donors (Lipinski definition) is 1. The Hall–Kier alpha value is -2.64. The van der Waals surface area contributed by atoms with Crippen molar-refractivity contribution in [3.8, 4) is 0 Å². The first kappa shape index (κ1) is 16.8. The van der Waals surface area contributed by atoms with Crippen LogP contribution in [-0.2, 0) is 10.3 Å². The molecule has 1 N–H and O–H groups in total. The Bertz CT molecular complexity index is 786. The molecule has 2 aromatic rings. The molecule has 8 nitrogen and oxygen atoms in total. The van der Waals surface area contributed by atoms with Crippen molar-refractivity contribution in [3.05, 3.63) is 36.3 Å². The maximum Gasteiger partial charge on any atom is 0.291 e. The average Bonchev–Trinajstić information content (AvgIpc) is 3.13. The van der Waals surface area contributed by atoms with Gasteiger partial charge in [0, 0.05) is 32.0 Å². The van der Waals surface area contributed by atoms with Gasteiger partial charge in [-0.3, -0.25) is 14.3 Å². The van der Waals surface area contributed by atoms with Crippen LogP contribution in [0.3, 0.4) is 0 Å². The first-order chi connectivity index (χ1) is 12.6. The minimum absolute atomic E-state index is 0.00366. The van der Waals surface area contributed by atoms with E-state index in [0.29, 0.717) is 37.5 Å². The zero-order valence-electron chi connectivity index (χ0n) is 14.9. The number of aryl methyl sites for hydroxylation is 1. The molecule has 0 bridgehead atoms. The van der Waals surface area contributed by atoms with Crippen molar-refractivity contribution in [2.45, 2.75) is 38.1 Å². The van der Waals surface area contributed by atoms with Crippen LogP contribution in [-0.4, -0.2) is 51.1 Å². The maximum atomic E-state index is 13.0. The summed E-state index contributed by atoms with van der Waals surface area (Å²) >= 11 is 0. The van der Waals surface area contributed by atoms with Crippen LogP contribution >= 0.6 is 0 Å². The van der Waals surface area contributed by atoms with Crippen LogP contribution in [0.1, 0.15) is 41.9 Å². The van der Waals surface area contributed by atoms with Crippen molar-refractivity contribution in [2.75, 3.05) is 19.6 Å². The minimum Gasteiger partial charge on any atom is -0.438 e. The molecule has 2 fully saturated rings. The van der Waals surface area contributed by atoms with E-state index in [1.807, 2.05) is 12.3 Å². The number of nitrogens with one attached hydrogen (secondary N) is 1. The second-order valence-corrected chi connectivity index (χ2v) is 7.19. The van der Waals surface area contributed by atoms with Gasteiger partial charge >= 0.3 is 0 Å². The number of piperidine rings is 1. The normalized spacial score (nSPS) is 19.3. The van der Waals surface area contributed by atoms with Gasteiger partial charge in [-0.15, -0.1) is 0 Å². The first-order valence-corrected chi connectivity index (χ1v) is 9.08. The highest BCUT2D eigenvalue weighted by molar-refractivity contribution is 5.93. The van der Waals surface area contributed by atoms with E-state index in [1.165, 1.54) is 19.2 Å². The summed E-state index contributed by atoms with van der Waals surface area (Å²) in [7, 11) is 0. The second kappa shape index (κ2) is 6.59. The zero-order chi connectivity index (χ0) is 18.1. The fraction of sp³-hybridized carbons (Fsp3) is 0.556. The van der Waals surface area contributed by atoms with E-state index in [4.69, 9.17) is 4.42 Å². The fourth-order valence-electron chi connectivity index (χ4n) is 3.54. The average molecular weight is 357 g/mol. The van der Waals surface area contributed by atoms with E-state index in [9.17, 15) is 9.59 Å². The topological polar surface area (TPSA) is 93.3 Å². The second-order valence-electron chi connectivity index (χ2n) is 7.19. The SMILES string of the molecule is Cc1ncoc1C(=O)N1CCC(C(=O)NCC2CC2)(n2cccn2)CC1. The summed E-state index contributed by atoms with van der Waals surface area (Å²) in [5.74, 6) is 0.711. The van der Waals surface area contributed by atoms with Crippen LogP contribution in [0, 0.1) is 12.8 Å². The van der Waals surface area contributed by atoms with Crippen molar-refractivity contribution in [1.82, 2.24) is 25.0 Å². The first-order valence-electron chi connectivity index (χ1n) is 9.08. The smallest absolute Gasteiger partial charge is 0.291 e. The predicted molar refractivity (Wildman–Crippen MR) is 92.3 cm³/mol. The van der Waals surface area contributed by atoms with Gasteiger partial charge < -0.3 is 14.6 Å². The number of carbonyl (C=O) groups is 2. The summed E-state index contributed by atoms with van der Waals surface area (Å²) in [6, 6.07) is 1.82. The summed E-state index contributed by atoms with van der Waals surface area (Å²) in [5, 5.41) is 7.43. The highest BCUT2D eigenvalue weighted by atomic mass is 16.3. The number of carbonyl (C=O) groups excluding carboxylic acids is 2. The van der Waals surface area contributed by atoms with E-state index < -0.39 is 5.54 Å². The molecule has 0 radical (unpaired) electrons. The standard InChI is InChI=1S/C18H23N5O3/c1-13-15(26-12-20-13)16(24)22-9-5-18(6-10-22,23-8-2-7-21-23)17(25)19-11-14-3-4-14/h2,7-8,12,14H,3-6,9-11H2,1H3,(H,19,25). The fourth-order valence-corrected chi connectivity index (χ4v) is 3.54. The van der Waals surface area contributed by atoms with Gasteiger partial charge in [-0.1, -0.05) is 0 Å². The Kier molecular flexibility index (Phi) is 4.26. The molecule has 8 heteroatoms. The van der Waals surface area contributed by atoms with Gasteiger partial charge in [0.25, 0.3) is 5.91 Å². The minimum atomic E-state index is -0.744. The molecule has 0 unspecified atom stereocenters. The Labute approximate surface area is 151 Å². The van der Waals surface area contributed by atoms with E-state index in [-0.39, 0.29) is 17.6 Å². The Morgan fingerprint density at radius 3 is 2.69 bits per heavy atom. The molecule has 0 spiro atoms. The van der Waals surface area contributed by atoms with Crippen LogP contribution < -0.4 is 5.32 Å². The van der Waals surface area contributed by atoms with Gasteiger partial charge in [-0.05, 0) is 44.6 Å². The third-order valence-electron chi connectivity index (χ3n) is 5.43. The molecule has 2 aliphatic rings. The number of amides is 2. The lowest BCUT2D eigenvalue weighted by Gasteiger charge is -2.40. The van der Waals surface area contributed by atoms with E-state index in [0.717, 1.165) is 6.54 Å².